The first-order valence-electron chi connectivity index (χ1n) is 13.3. The van der Waals surface area contributed by atoms with Crippen LogP contribution in [0.25, 0.3) is 24.6 Å². The quantitative estimate of drug-likeness (QED) is 0.127. The molecular formula is C36H59N4NaTi3-6. The molecule has 0 radical (unpaired) electrons. The van der Waals surface area contributed by atoms with E-state index < -0.39 is 0 Å². The third kappa shape index (κ3) is 16.4. The molecule has 0 amide bonds. The minimum absolute atomic E-state index is 0. The van der Waals surface area contributed by atoms with Crippen LogP contribution in [0.3, 0.4) is 0 Å². The zero-order chi connectivity index (χ0) is 27.9. The molecule has 0 heterocycles. The number of rotatable bonds is 0. The molecule has 0 spiro atoms. The Kier molecular flexibility index (Phi) is 42.1. The average Bonchev–Trinajstić information content (AvgIpc) is 3.26. The molecule has 0 fully saturated rings. The van der Waals surface area contributed by atoms with Crippen molar-refractivity contribution in [2.45, 2.75) is 104 Å². The van der Waals surface area contributed by atoms with E-state index >= 15 is 0 Å². The van der Waals surface area contributed by atoms with Gasteiger partial charge in [0.1, 0.15) is 0 Å². The van der Waals surface area contributed by atoms with E-state index in [2.05, 4.69) is 104 Å². The van der Waals surface area contributed by atoms with Crippen molar-refractivity contribution < 1.29 is 94.7 Å². The van der Waals surface area contributed by atoms with Crippen LogP contribution in [0.2, 0.25) is 0 Å². The molecule has 0 unspecified atom stereocenters. The summed E-state index contributed by atoms with van der Waals surface area (Å²) in [4.78, 5) is 0. The summed E-state index contributed by atoms with van der Waals surface area (Å²) in [6, 6.07) is 12.0. The molecule has 242 valence electrons. The van der Waals surface area contributed by atoms with Gasteiger partial charge < -0.3 is 24.6 Å². The van der Waals surface area contributed by atoms with E-state index in [4.69, 9.17) is 0 Å². The van der Waals surface area contributed by atoms with Gasteiger partial charge in [-0.05, 0) is 0 Å². The van der Waals surface area contributed by atoms with Crippen molar-refractivity contribution in [1.29, 1.82) is 0 Å². The molecule has 0 aliphatic rings. The van der Waals surface area contributed by atoms with E-state index in [-0.39, 0.29) is 119 Å². The second-order valence-electron chi connectivity index (χ2n) is 10.5. The Hall–Kier alpha value is 0.253. The number of hydrogen-bond donors (Lipinski definition) is 0. The molecule has 0 saturated heterocycles. The smallest absolute Gasteiger partial charge is 0.693 e. The Morgan fingerprint density at radius 3 is 0.432 bits per heavy atom. The SMILES string of the molecule is Cc1c(C)c(C)[c-](C)c1C.Cc1c(C)c(C)[c-](C)c1C.Cc1c(C)c(C)[c-](C)c1C.[NH2-].[NH2-].[NH2-].[NH2-].[Na+].[Ti].[Ti].[Ti].c1ccccc1. The molecule has 8 N–H and O–H groups in total. The number of hydrogen-bond acceptors (Lipinski definition) is 0. The fourth-order valence-electron chi connectivity index (χ4n) is 4.60. The summed E-state index contributed by atoms with van der Waals surface area (Å²) >= 11 is 0. The first-order valence-corrected chi connectivity index (χ1v) is 13.3. The molecule has 0 atom stereocenters. The van der Waals surface area contributed by atoms with Gasteiger partial charge in [0.05, 0.1) is 0 Å². The topological polar surface area (TPSA) is 134 Å². The normalized spacial score (nSPS) is 8.25. The van der Waals surface area contributed by atoms with E-state index in [1.165, 1.54) is 83.5 Å². The maximum absolute atomic E-state index is 2.20. The Labute approximate surface area is 339 Å². The molecule has 4 aromatic carbocycles. The van der Waals surface area contributed by atoms with Gasteiger partial charge >= 0.3 is 29.6 Å². The van der Waals surface area contributed by atoms with Crippen LogP contribution in [-0.4, -0.2) is 0 Å². The van der Waals surface area contributed by atoms with Crippen molar-refractivity contribution in [2.24, 2.45) is 0 Å². The van der Waals surface area contributed by atoms with Gasteiger partial charge in [-0.25, -0.2) is 0 Å². The fraction of sp³-hybridized carbons (Fsp3) is 0.417. The van der Waals surface area contributed by atoms with Crippen LogP contribution in [0.5, 0.6) is 0 Å². The molecule has 0 aliphatic carbocycles. The largest absolute Gasteiger partial charge is 1.00 e. The van der Waals surface area contributed by atoms with Gasteiger partial charge in [-0.3, -0.25) is 0 Å². The van der Waals surface area contributed by atoms with Gasteiger partial charge in [0.2, 0.25) is 0 Å². The van der Waals surface area contributed by atoms with E-state index in [1.54, 1.807) is 0 Å². The maximum Gasteiger partial charge on any atom is 1.00 e. The predicted molar refractivity (Wildman–Crippen MR) is 185 cm³/mol. The van der Waals surface area contributed by atoms with Crippen molar-refractivity contribution in [3.8, 4) is 0 Å². The third-order valence-corrected chi connectivity index (χ3v) is 9.10. The van der Waals surface area contributed by atoms with Gasteiger partial charge in [0.15, 0.2) is 0 Å². The van der Waals surface area contributed by atoms with Gasteiger partial charge in [-0.2, -0.15) is 83.5 Å². The van der Waals surface area contributed by atoms with Crippen LogP contribution in [-0.2, 0) is 65.2 Å². The minimum atomic E-state index is 0. The monoisotopic (exact) mass is 714 g/mol. The van der Waals surface area contributed by atoms with Gasteiger partial charge in [-0.15, -0.1) is 0 Å². The number of benzene rings is 1. The summed E-state index contributed by atoms with van der Waals surface area (Å²) < 4.78 is 0. The third-order valence-electron chi connectivity index (χ3n) is 9.10. The van der Waals surface area contributed by atoms with Crippen LogP contribution in [0, 0.1) is 104 Å². The Balaban J connectivity index is -0.0000000624. The van der Waals surface area contributed by atoms with Crippen LogP contribution in [0.15, 0.2) is 36.4 Å². The van der Waals surface area contributed by atoms with E-state index in [9.17, 15) is 0 Å². The van der Waals surface area contributed by atoms with Gasteiger partial charge in [0, 0.05) is 65.2 Å². The van der Waals surface area contributed by atoms with Crippen LogP contribution in [0.1, 0.15) is 83.5 Å². The molecule has 4 nitrogen and oxygen atoms in total. The minimum Gasteiger partial charge on any atom is -0.693 e. The zero-order valence-corrected chi connectivity index (χ0v) is 37.5. The van der Waals surface area contributed by atoms with Gasteiger partial charge in [-0.1, -0.05) is 140 Å². The summed E-state index contributed by atoms with van der Waals surface area (Å²) in [6.07, 6.45) is 0. The maximum atomic E-state index is 2.20. The summed E-state index contributed by atoms with van der Waals surface area (Å²) in [6.45, 7) is 33.0. The molecule has 0 aromatic heterocycles. The molecular weight excluding hydrogens is 655 g/mol. The molecule has 0 aliphatic heterocycles. The summed E-state index contributed by atoms with van der Waals surface area (Å²) in [7, 11) is 0. The van der Waals surface area contributed by atoms with Crippen molar-refractivity contribution in [3.63, 3.8) is 0 Å². The second kappa shape index (κ2) is 29.4. The molecule has 8 heteroatoms. The summed E-state index contributed by atoms with van der Waals surface area (Å²) in [5.41, 5.74) is 22.0. The first-order chi connectivity index (χ1) is 16.7. The zero-order valence-electron chi connectivity index (χ0n) is 30.8. The fourth-order valence-corrected chi connectivity index (χ4v) is 4.60. The van der Waals surface area contributed by atoms with Gasteiger partial charge in [0.25, 0.3) is 0 Å². The van der Waals surface area contributed by atoms with E-state index in [1.807, 2.05) is 36.4 Å². The number of nitrogens with two attached hydrogens (primary N) is 4. The van der Waals surface area contributed by atoms with Crippen molar-refractivity contribution in [2.75, 3.05) is 0 Å². The Morgan fingerprint density at radius 2 is 0.386 bits per heavy atom. The molecule has 0 saturated carbocycles. The standard InChI is InChI=1S/3C10H15.C6H6.4H2N.Na.3Ti/c3*1-6-7(2)9(4)10(5)8(6)3;1-2-4-6-5-3-1;;;;;;;;/h3*1-5H3;1-6H;4*1H2;;;;/q3*-1;;4*-1;+1;;;. The second-order valence-corrected chi connectivity index (χ2v) is 10.5. The Bertz CT molecular complexity index is 886. The van der Waals surface area contributed by atoms with Crippen LogP contribution >= 0.6 is 0 Å². The van der Waals surface area contributed by atoms with E-state index in [0.717, 1.165) is 0 Å². The average molecular weight is 714 g/mol. The van der Waals surface area contributed by atoms with Crippen molar-refractivity contribution in [3.05, 3.63) is 144 Å². The van der Waals surface area contributed by atoms with Crippen LogP contribution in [0.4, 0.5) is 0 Å². The van der Waals surface area contributed by atoms with Crippen molar-refractivity contribution in [1.82, 2.24) is 0 Å². The predicted octanol–water partition coefficient (Wildman–Crippen LogP) is 10.4. The van der Waals surface area contributed by atoms with Crippen molar-refractivity contribution >= 4 is 0 Å². The Morgan fingerprint density at radius 1 is 0.295 bits per heavy atom. The molecule has 44 heavy (non-hydrogen) atoms. The molecule has 4 rings (SSSR count). The van der Waals surface area contributed by atoms with E-state index in [0.29, 0.717) is 0 Å². The van der Waals surface area contributed by atoms with Crippen LogP contribution < -0.4 is 29.6 Å². The summed E-state index contributed by atoms with van der Waals surface area (Å²) in [5, 5.41) is 0. The first kappa shape index (κ1) is 63.0. The molecule has 0 bridgehead atoms. The summed E-state index contributed by atoms with van der Waals surface area (Å²) in [5.74, 6) is 0. The molecule has 4 aromatic rings.